The molecule has 0 unspecified atom stereocenters. The zero-order valence-corrected chi connectivity index (χ0v) is 16.8. The minimum Gasteiger partial charge on any atom is -0.490 e. The lowest BCUT2D eigenvalue weighted by molar-refractivity contribution is 0.298. The largest absolute Gasteiger partial charge is 0.490 e. The molecule has 1 aliphatic rings. The summed E-state index contributed by atoms with van der Waals surface area (Å²) in [6.45, 7) is 5.60. The van der Waals surface area contributed by atoms with Gasteiger partial charge in [-0.25, -0.2) is 8.78 Å². The maximum atomic E-state index is 14.6. The molecule has 1 fully saturated rings. The molecule has 0 amide bonds. The minimum absolute atomic E-state index is 0.00759. The summed E-state index contributed by atoms with van der Waals surface area (Å²) in [5.74, 6) is -1.58. The van der Waals surface area contributed by atoms with Crippen LogP contribution in [-0.2, 0) is 0 Å². The van der Waals surface area contributed by atoms with Crippen LogP contribution in [-0.4, -0.2) is 6.61 Å². The Morgan fingerprint density at radius 1 is 1.03 bits per heavy atom. The second kappa shape index (κ2) is 9.82. The molecule has 1 aliphatic carbocycles. The van der Waals surface area contributed by atoms with Gasteiger partial charge in [-0.05, 0) is 79.7 Å². The number of aryl methyl sites for hydroxylation is 1. The molecule has 2 aromatic carbocycles. The molecule has 1 nitrogen and oxygen atoms in total. The summed E-state index contributed by atoms with van der Waals surface area (Å²) in [6.07, 6.45) is 9.69. The maximum Gasteiger partial charge on any atom is 0.200 e. The number of hydrogen-bond donors (Lipinski definition) is 0. The van der Waals surface area contributed by atoms with E-state index in [1.807, 2.05) is 12.1 Å². The van der Waals surface area contributed by atoms with Crippen molar-refractivity contribution in [1.29, 1.82) is 0 Å². The van der Waals surface area contributed by atoms with Crippen molar-refractivity contribution in [1.82, 2.24) is 0 Å². The molecule has 0 N–H and O–H groups in total. The fourth-order valence-electron chi connectivity index (χ4n) is 3.81. The smallest absolute Gasteiger partial charge is 0.200 e. The molecule has 2 aromatic rings. The van der Waals surface area contributed by atoms with Gasteiger partial charge in [-0.15, -0.1) is 6.58 Å². The molecule has 1 saturated carbocycles. The summed E-state index contributed by atoms with van der Waals surface area (Å²) in [6, 6.07) is 8.38. The monoisotopic (exact) mass is 400 g/mol. The first-order valence-corrected chi connectivity index (χ1v) is 10.2. The van der Waals surface area contributed by atoms with Gasteiger partial charge < -0.3 is 4.74 Å². The van der Waals surface area contributed by atoms with E-state index in [9.17, 15) is 13.2 Å². The predicted octanol–water partition coefficient (Wildman–Crippen LogP) is 7.35. The molecular weight excluding hydrogens is 373 g/mol. The van der Waals surface area contributed by atoms with E-state index in [0.717, 1.165) is 31.2 Å². The quantitative estimate of drug-likeness (QED) is 0.349. The summed E-state index contributed by atoms with van der Waals surface area (Å²) >= 11 is 0. The number of benzene rings is 2. The van der Waals surface area contributed by atoms with Crippen LogP contribution in [0.2, 0.25) is 0 Å². The molecule has 0 saturated heterocycles. The average molecular weight is 400 g/mol. The van der Waals surface area contributed by atoms with E-state index in [4.69, 9.17) is 4.74 Å². The normalized spacial score (nSPS) is 19.4. The molecule has 0 spiro atoms. The van der Waals surface area contributed by atoms with Crippen LogP contribution in [0, 0.1) is 30.3 Å². The summed E-state index contributed by atoms with van der Waals surface area (Å²) < 4.78 is 47.8. The van der Waals surface area contributed by atoms with Gasteiger partial charge in [0.25, 0.3) is 0 Å². The summed E-state index contributed by atoms with van der Waals surface area (Å²) in [5, 5.41) is 0. The molecule has 0 radical (unpaired) electrons. The van der Waals surface area contributed by atoms with Crippen molar-refractivity contribution >= 4 is 6.08 Å². The fourth-order valence-corrected chi connectivity index (χ4v) is 3.81. The Labute approximate surface area is 170 Å². The molecule has 4 heteroatoms. The lowest BCUT2D eigenvalue weighted by Crippen LogP contribution is -2.14. The first-order chi connectivity index (χ1) is 14.0. The van der Waals surface area contributed by atoms with Crippen molar-refractivity contribution in [2.45, 2.75) is 44.9 Å². The maximum absolute atomic E-state index is 14.6. The third-order valence-corrected chi connectivity index (χ3v) is 5.62. The number of allylic oxidation sites excluding steroid dienone is 1. The van der Waals surface area contributed by atoms with Crippen molar-refractivity contribution in [3.8, 4) is 5.75 Å². The topological polar surface area (TPSA) is 9.23 Å². The standard InChI is InChI=1S/C25H27F3O/c1-3-4-15-29-23-14-13-21(24(27)25(23)28)20-11-9-18(10-12-20)7-8-19-6-5-17(2)22(26)16-19/h3,5-8,13-14,16,18,20H,1,4,9-12,15H2,2H3/b8-7+. The zero-order valence-electron chi connectivity index (χ0n) is 16.8. The van der Waals surface area contributed by atoms with E-state index >= 15 is 0 Å². The third kappa shape index (κ3) is 5.31. The Morgan fingerprint density at radius 2 is 1.79 bits per heavy atom. The van der Waals surface area contributed by atoms with Gasteiger partial charge in [0.05, 0.1) is 6.61 Å². The van der Waals surface area contributed by atoms with E-state index in [1.165, 1.54) is 12.1 Å². The van der Waals surface area contributed by atoms with Gasteiger partial charge in [0, 0.05) is 0 Å². The Morgan fingerprint density at radius 3 is 2.48 bits per heavy atom. The Kier molecular flexibility index (Phi) is 7.18. The molecular formula is C25H27F3O. The first-order valence-electron chi connectivity index (χ1n) is 10.2. The van der Waals surface area contributed by atoms with Crippen LogP contribution in [0.3, 0.4) is 0 Å². The minimum atomic E-state index is -0.907. The Balaban J connectivity index is 1.60. The van der Waals surface area contributed by atoms with Gasteiger partial charge in [0.1, 0.15) is 5.82 Å². The van der Waals surface area contributed by atoms with Crippen LogP contribution in [0.1, 0.15) is 54.7 Å². The molecule has 0 bridgehead atoms. The van der Waals surface area contributed by atoms with E-state index in [2.05, 4.69) is 12.7 Å². The van der Waals surface area contributed by atoms with Gasteiger partial charge in [0.2, 0.25) is 5.82 Å². The van der Waals surface area contributed by atoms with E-state index in [0.29, 0.717) is 23.5 Å². The van der Waals surface area contributed by atoms with Crippen molar-refractivity contribution in [3.05, 3.63) is 83.2 Å². The van der Waals surface area contributed by atoms with Crippen LogP contribution in [0.5, 0.6) is 5.75 Å². The van der Waals surface area contributed by atoms with Gasteiger partial charge in [-0.2, -0.15) is 4.39 Å². The van der Waals surface area contributed by atoms with E-state index in [1.54, 1.807) is 25.1 Å². The number of hydrogen-bond acceptors (Lipinski definition) is 1. The number of halogens is 3. The van der Waals surface area contributed by atoms with Gasteiger partial charge >= 0.3 is 0 Å². The fraction of sp³-hybridized carbons (Fsp3) is 0.360. The Hall–Kier alpha value is -2.49. The van der Waals surface area contributed by atoms with Gasteiger partial charge in [0.15, 0.2) is 11.6 Å². The van der Waals surface area contributed by atoms with Crippen molar-refractivity contribution in [3.63, 3.8) is 0 Å². The van der Waals surface area contributed by atoms with Crippen LogP contribution < -0.4 is 4.74 Å². The second-order valence-electron chi connectivity index (χ2n) is 7.69. The van der Waals surface area contributed by atoms with Crippen LogP contribution in [0.4, 0.5) is 13.2 Å². The molecule has 0 aliphatic heterocycles. The van der Waals surface area contributed by atoms with Crippen LogP contribution in [0.15, 0.2) is 49.1 Å². The SMILES string of the molecule is C=CCCOc1ccc(C2CCC(/C=C/c3ccc(C)c(F)c3)CC2)c(F)c1F. The molecule has 154 valence electrons. The van der Waals surface area contributed by atoms with Crippen molar-refractivity contribution < 1.29 is 17.9 Å². The number of rotatable bonds is 7. The highest BCUT2D eigenvalue weighted by Crippen LogP contribution is 2.39. The van der Waals surface area contributed by atoms with Crippen LogP contribution >= 0.6 is 0 Å². The van der Waals surface area contributed by atoms with E-state index < -0.39 is 11.6 Å². The highest BCUT2D eigenvalue weighted by atomic mass is 19.2. The lowest BCUT2D eigenvalue weighted by Gasteiger charge is -2.27. The lowest BCUT2D eigenvalue weighted by atomic mass is 9.78. The third-order valence-electron chi connectivity index (χ3n) is 5.62. The zero-order chi connectivity index (χ0) is 20.8. The molecule has 0 heterocycles. The van der Waals surface area contributed by atoms with Crippen LogP contribution in [0.25, 0.3) is 6.08 Å². The molecule has 3 rings (SSSR count). The van der Waals surface area contributed by atoms with Gasteiger partial charge in [-0.1, -0.05) is 36.4 Å². The van der Waals surface area contributed by atoms with E-state index in [-0.39, 0.29) is 24.1 Å². The van der Waals surface area contributed by atoms with Crippen molar-refractivity contribution in [2.24, 2.45) is 5.92 Å². The summed E-state index contributed by atoms with van der Waals surface area (Å²) in [4.78, 5) is 0. The van der Waals surface area contributed by atoms with Gasteiger partial charge in [-0.3, -0.25) is 0 Å². The second-order valence-corrected chi connectivity index (χ2v) is 7.69. The Bertz CT molecular complexity index is 880. The van der Waals surface area contributed by atoms with Crippen molar-refractivity contribution in [2.75, 3.05) is 6.61 Å². The highest BCUT2D eigenvalue weighted by Gasteiger charge is 2.25. The highest BCUT2D eigenvalue weighted by molar-refractivity contribution is 5.50. The predicted molar refractivity (Wildman–Crippen MR) is 112 cm³/mol. The average Bonchev–Trinajstić information content (AvgIpc) is 2.73. The first kappa shape index (κ1) is 21.2. The molecule has 29 heavy (non-hydrogen) atoms. The summed E-state index contributed by atoms with van der Waals surface area (Å²) in [5.41, 5.74) is 1.91. The summed E-state index contributed by atoms with van der Waals surface area (Å²) in [7, 11) is 0. The molecule has 0 aromatic heterocycles. The number of ether oxygens (including phenoxy) is 1. The molecule has 0 atom stereocenters.